The van der Waals surface area contributed by atoms with Gasteiger partial charge in [0.05, 0.1) is 12.1 Å². The summed E-state index contributed by atoms with van der Waals surface area (Å²) in [5.41, 5.74) is 3.16. The lowest BCUT2D eigenvalue weighted by Crippen LogP contribution is -2.01. The lowest BCUT2D eigenvalue weighted by Gasteiger charge is -2.06. The summed E-state index contributed by atoms with van der Waals surface area (Å²) in [4.78, 5) is 14.6. The molecule has 0 atom stereocenters. The molecule has 2 aromatic rings. The average Bonchev–Trinajstić information content (AvgIpc) is 3.03. The molecule has 104 valence electrons. The van der Waals surface area contributed by atoms with Crippen molar-refractivity contribution in [3.8, 4) is 5.75 Å². The predicted molar refractivity (Wildman–Crippen MR) is 70.6 cm³/mol. The number of aliphatic carboxylic acids is 1. The Bertz CT molecular complexity index is 633. The fourth-order valence-corrected chi connectivity index (χ4v) is 2.43. The molecule has 5 heteroatoms. The van der Waals surface area contributed by atoms with Crippen molar-refractivity contribution in [1.82, 2.24) is 4.98 Å². The predicted octanol–water partition coefficient (Wildman–Crippen LogP) is 2.37. The molecule has 1 aromatic heterocycles. The van der Waals surface area contributed by atoms with Crippen molar-refractivity contribution in [2.75, 3.05) is 0 Å². The third kappa shape index (κ3) is 2.82. The second kappa shape index (κ2) is 5.36. The molecule has 0 bridgehead atoms. The van der Waals surface area contributed by atoms with E-state index in [1.807, 2.05) is 6.07 Å². The number of carboxylic acid groups (broad SMARTS) is 1. The van der Waals surface area contributed by atoms with E-state index in [1.54, 1.807) is 0 Å². The maximum Gasteiger partial charge on any atom is 0.309 e. The van der Waals surface area contributed by atoms with Gasteiger partial charge in [-0.25, -0.2) is 4.98 Å². The number of fused-ring (bicyclic) bond motifs is 1. The molecular formula is C15H15NO4. The Labute approximate surface area is 116 Å². The molecule has 1 N–H and O–H groups in total. The molecular weight excluding hydrogens is 258 g/mol. The summed E-state index contributed by atoms with van der Waals surface area (Å²) >= 11 is 0. The normalized spacial score (nSPS) is 13.2. The summed E-state index contributed by atoms with van der Waals surface area (Å²) < 4.78 is 10.8. The summed E-state index contributed by atoms with van der Waals surface area (Å²) in [6, 6.07) is 6.11. The van der Waals surface area contributed by atoms with Crippen LogP contribution in [0.1, 0.15) is 29.1 Å². The number of hydrogen-bond acceptors (Lipinski definition) is 4. The monoisotopic (exact) mass is 273 g/mol. The highest BCUT2D eigenvalue weighted by atomic mass is 16.5. The van der Waals surface area contributed by atoms with Crippen LogP contribution in [0.3, 0.4) is 0 Å². The second-order valence-electron chi connectivity index (χ2n) is 4.88. The third-order valence-corrected chi connectivity index (χ3v) is 3.36. The first-order valence-electron chi connectivity index (χ1n) is 6.60. The van der Waals surface area contributed by atoms with E-state index in [4.69, 9.17) is 14.3 Å². The van der Waals surface area contributed by atoms with Crippen molar-refractivity contribution < 1.29 is 19.1 Å². The third-order valence-electron chi connectivity index (χ3n) is 3.36. The zero-order chi connectivity index (χ0) is 13.9. The van der Waals surface area contributed by atoms with Gasteiger partial charge in [-0.05, 0) is 42.5 Å². The van der Waals surface area contributed by atoms with E-state index in [1.165, 1.54) is 23.8 Å². The number of aromatic nitrogens is 1. The number of carboxylic acids is 1. The van der Waals surface area contributed by atoms with Crippen LogP contribution in [0.5, 0.6) is 5.75 Å². The number of rotatable bonds is 5. The highest BCUT2D eigenvalue weighted by Crippen LogP contribution is 2.26. The quantitative estimate of drug-likeness (QED) is 0.905. The number of carbonyl (C=O) groups is 1. The smallest absolute Gasteiger partial charge is 0.309 e. The standard InChI is InChI=1S/C15H15NO4/c17-15(18)7-12-8-20-14(16-12)9-19-13-5-4-10-2-1-3-11(10)6-13/h4-6,8H,1-3,7,9H2,(H,17,18). The van der Waals surface area contributed by atoms with Crippen molar-refractivity contribution in [3.63, 3.8) is 0 Å². The minimum Gasteiger partial charge on any atom is -0.484 e. The van der Waals surface area contributed by atoms with Gasteiger partial charge >= 0.3 is 5.97 Å². The molecule has 1 aliphatic carbocycles. The Morgan fingerprint density at radius 2 is 2.20 bits per heavy atom. The minimum absolute atomic E-state index is 0.137. The van der Waals surface area contributed by atoms with Crippen molar-refractivity contribution in [3.05, 3.63) is 47.2 Å². The van der Waals surface area contributed by atoms with Crippen LogP contribution in [0.4, 0.5) is 0 Å². The first kappa shape index (κ1) is 12.7. The van der Waals surface area contributed by atoms with E-state index in [0.29, 0.717) is 11.6 Å². The lowest BCUT2D eigenvalue weighted by molar-refractivity contribution is -0.136. The molecule has 0 saturated heterocycles. The van der Waals surface area contributed by atoms with Crippen LogP contribution in [0.2, 0.25) is 0 Å². The molecule has 20 heavy (non-hydrogen) atoms. The second-order valence-corrected chi connectivity index (χ2v) is 4.88. The van der Waals surface area contributed by atoms with Gasteiger partial charge in [0, 0.05) is 0 Å². The fraction of sp³-hybridized carbons (Fsp3) is 0.333. The fourth-order valence-electron chi connectivity index (χ4n) is 2.43. The summed E-state index contributed by atoms with van der Waals surface area (Å²) in [6.45, 7) is 0.207. The van der Waals surface area contributed by atoms with Crippen molar-refractivity contribution in [2.45, 2.75) is 32.3 Å². The van der Waals surface area contributed by atoms with E-state index in [-0.39, 0.29) is 13.0 Å². The van der Waals surface area contributed by atoms with Crippen LogP contribution in [0.15, 0.2) is 28.9 Å². The summed E-state index contributed by atoms with van der Waals surface area (Å²) in [5.74, 6) is 0.259. The number of hydrogen-bond donors (Lipinski definition) is 1. The molecule has 3 rings (SSSR count). The summed E-state index contributed by atoms with van der Waals surface area (Å²) in [6.07, 6.45) is 4.68. The van der Waals surface area contributed by atoms with Gasteiger partial charge in [0.1, 0.15) is 12.0 Å². The van der Waals surface area contributed by atoms with Gasteiger partial charge in [-0.15, -0.1) is 0 Å². The van der Waals surface area contributed by atoms with E-state index < -0.39 is 5.97 Å². The number of benzene rings is 1. The number of nitrogens with zero attached hydrogens (tertiary/aromatic N) is 1. The van der Waals surface area contributed by atoms with Crippen LogP contribution >= 0.6 is 0 Å². The highest BCUT2D eigenvalue weighted by Gasteiger charge is 2.12. The zero-order valence-corrected chi connectivity index (χ0v) is 11.0. The average molecular weight is 273 g/mol. The number of aryl methyl sites for hydroxylation is 2. The van der Waals surface area contributed by atoms with Crippen molar-refractivity contribution in [1.29, 1.82) is 0 Å². The first-order valence-corrected chi connectivity index (χ1v) is 6.60. The molecule has 0 aliphatic heterocycles. The molecule has 0 radical (unpaired) electrons. The Morgan fingerprint density at radius 1 is 1.35 bits per heavy atom. The minimum atomic E-state index is -0.926. The Morgan fingerprint density at radius 3 is 3.05 bits per heavy atom. The van der Waals surface area contributed by atoms with Crippen LogP contribution in [0.25, 0.3) is 0 Å². The van der Waals surface area contributed by atoms with Crippen LogP contribution < -0.4 is 4.74 Å². The van der Waals surface area contributed by atoms with E-state index in [0.717, 1.165) is 18.6 Å². The van der Waals surface area contributed by atoms with Gasteiger partial charge in [-0.2, -0.15) is 0 Å². The maximum absolute atomic E-state index is 10.6. The largest absolute Gasteiger partial charge is 0.484 e. The molecule has 5 nitrogen and oxygen atoms in total. The van der Waals surface area contributed by atoms with Gasteiger partial charge in [0.25, 0.3) is 0 Å². The maximum atomic E-state index is 10.6. The van der Waals surface area contributed by atoms with Crippen molar-refractivity contribution in [2.24, 2.45) is 0 Å². The van der Waals surface area contributed by atoms with Gasteiger partial charge in [0.2, 0.25) is 5.89 Å². The molecule has 0 unspecified atom stereocenters. The molecule has 0 spiro atoms. The van der Waals surface area contributed by atoms with Crippen molar-refractivity contribution >= 4 is 5.97 Å². The summed E-state index contributed by atoms with van der Waals surface area (Å²) in [5, 5.41) is 8.66. The summed E-state index contributed by atoms with van der Waals surface area (Å²) in [7, 11) is 0. The van der Waals surface area contributed by atoms with E-state index in [9.17, 15) is 4.79 Å². The molecule has 0 amide bonds. The van der Waals surface area contributed by atoms with Gasteiger partial charge in [-0.3, -0.25) is 4.79 Å². The molecule has 1 heterocycles. The Balaban J connectivity index is 1.61. The van der Waals surface area contributed by atoms with Crippen LogP contribution in [-0.4, -0.2) is 16.1 Å². The van der Waals surface area contributed by atoms with Gasteiger partial charge in [0.15, 0.2) is 6.61 Å². The molecule has 1 aliphatic rings. The van der Waals surface area contributed by atoms with Gasteiger partial charge < -0.3 is 14.3 Å². The van der Waals surface area contributed by atoms with Crippen LogP contribution in [-0.2, 0) is 30.7 Å². The Kier molecular flexibility index (Phi) is 3.41. The molecule has 0 saturated carbocycles. The van der Waals surface area contributed by atoms with E-state index >= 15 is 0 Å². The molecule has 0 fully saturated rings. The highest BCUT2D eigenvalue weighted by molar-refractivity contribution is 5.69. The zero-order valence-electron chi connectivity index (χ0n) is 11.0. The first-order chi connectivity index (χ1) is 9.70. The van der Waals surface area contributed by atoms with Crippen LogP contribution in [0, 0.1) is 0 Å². The van der Waals surface area contributed by atoms with E-state index in [2.05, 4.69) is 17.1 Å². The number of ether oxygens (including phenoxy) is 1. The number of oxazole rings is 1. The lowest BCUT2D eigenvalue weighted by atomic mass is 10.1. The molecule has 1 aromatic carbocycles. The SMILES string of the molecule is O=C(O)Cc1coc(COc2ccc3c(c2)CCC3)n1. The van der Waals surface area contributed by atoms with Gasteiger partial charge in [-0.1, -0.05) is 6.07 Å². The topological polar surface area (TPSA) is 72.6 Å². The Hall–Kier alpha value is -2.30.